The molecular formula is C49H54N4O9. The van der Waals surface area contributed by atoms with Gasteiger partial charge in [0.15, 0.2) is 6.61 Å². The fourth-order valence-corrected chi connectivity index (χ4v) is 7.31. The molecule has 1 aliphatic rings. The summed E-state index contributed by atoms with van der Waals surface area (Å²) in [6.07, 6.45) is -1.17. The summed E-state index contributed by atoms with van der Waals surface area (Å²) in [4.78, 5) is 52.4. The molecule has 0 saturated heterocycles. The highest BCUT2D eigenvalue weighted by molar-refractivity contribution is 5.87. The van der Waals surface area contributed by atoms with Crippen molar-refractivity contribution in [1.29, 1.82) is 0 Å². The number of alkyl carbamates (subject to hydrolysis) is 2. The minimum atomic E-state index is -1.07. The van der Waals surface area contributed by atoms with Crippen LogP contribution in [0.15, 0.2) is 115 Å². The Hall–Kier alpha value is -7.02. The van der Waals surface area contributed by atoms with Crippen LogP contribution in [0.5, 0.6) is 17.2 Å². The molecule has 1 aliphatic carbocycles. The molecule has 5 aromatic carbocycles. The van der Waals surface area contributed by atoms with E-state index in [9.17, 15) is 19.2 Å². The maximum atomic E-state index is 14.4. The van der Waals surface area contributed by atoms with E-state index in [4.69, 9.17) is 23.7 Å². The highest BCUT2D eigenvalue weighted by atomic mass is 16.6. The van der Waals surface area contributed by atoms with Crippen LogP contribution in [-0.4, -0.2) is 69.6 Å². The summed E-state index contributed by atoms with van der Waals surface area (Å²) in [5, 5.41) is 11.4. The van der Waals surface area contributed by atoms with Gasteiger partial charge in [0.1, 0.15) is 35.5 Å². The van der Waals surface area contributed by atoms with Crippen LogP contribution in [0.3, 0.4) is 0 Å². The van der Waals surface area contributed by atoms with Crippen LogP contribution in [0, 0.1) is 0 Å². The van der Waals surface area contributed by atoms with Crippen LogP contribution in [0.4, 0.5) is 9.59 Å². The van der Waals surface area contributed by atoms with E-state index in [0.29, 0.717) is 34.9 Å². The molecule has 5 aromatic rings. The van der Waals surface area contributed by atoms with Crippen molar-refractivity contribution in [2.45, 2.75) is 64.3 Å². The number of nitrogens with one attached hydrogen (secondary N) is 4. The van der Waals surface area contributed by atoms with Crippen molar-refractivity contribution < 1.29 is 42.9 Å². The summed E-state index contributed by atoms with van der Waals surface area (Å²) in [7, 11) is 3.08. The largest absolute Gasteiger partial charge is 0.497 e. The minimum absolute atomic E-state index is 0.0494. The molecule has 2 atom stereocenters. The van der Waals surface area contributed by atoms with Crippen molar-refractivity contribution in [3.05, 3.63) is 149 Å². The van der Waals surface area contributed by atoms with Crippen molar-refractivity contribution in [2.24, 2.45) is 0 Å². The number of carbonyl (C=O) groups is 4. The van der Waals surface area contributed by atoms with Crippen LogP contribution in [-0.2, 0) is 32.0 Å². The smallest absolute Gasteiger partial charge is 0.408 e. The van der Waals surface area contributed by atoms with Crippen LogP contribution < -0.4 is 35.5 Å². The number of hydrogen-bond acceptors (Lipinski definition) is 9. The van der Waals surface area contributed by atoms with Crippen LogP contribution in [0.1, 0.15) is 73.0 Å². The zero-order valence-electron chi connectivity index (χ0n) is 35.9. The van der Waals surface area contributed by atoms with E-state index in [1.807, 2.05) is 55.5 Å². The Bertz CT molecular complexity index is 2300. The van der Waals surface area contributed by atoms with Gasteiger partial charge in [-0.15, -0.1) is 0 Å². The molecule has 0 aliphatic heterocycles. The Morgan fingerprint density at radius 2 is 1.32 bits per heavy atom. The van der Waals surface area contributed by atoms with Crippen molar-refractivity contribution in [3.63, 3.8) is 0 Å². The molecule has 13 heteroatoms. The number of ether oxygens (including phenoxy) is 5. The van der Waals surface area contributed by atoms with Gasteiger partial charge in [-0.25, -0.2) is 9.59 Å². The quantitative estimate of drug-likeness (QED) is 0.0739. The summed E-state index contributed by atoms with van der Waals surface area (Å²) >= 11 is 0. The lowest BCUT2D eigenvalue weighted by molar-refractivity contribution is -0.124. The zero-order valence-corrected chi connectivity index (χ0v) is 35.9. The van der Waals surface area contributed by atoms with Crippen LogP contribution >= 0.6 is 0 Å². The number of hydrogen-bond donors (Lipinski definition) is 4. The average Bonchev–Trinajstić information content (AvgIpc) is 3.59. The van der Waals surface area contributed by atoms with Crippen molar-refractivity contribution in [2.75, 3.05) is 34.0 Å². The Balaban J connectivity index is 1.15. The second kappa shape index (κ2) is 20.5. The van der Waals surface area contributed by atoms with Gasteiger partial charge in [0, 0.05) is 37.1 Å². The first-order valence-corrected chi connectivity index (χ1v) is 20.5. The molecular weight excluding hydrogens is 789 g/mol. The lowest BCUT2D eigenvalue weighted by Crippen LogP contribution is -2.50. The topological polar surface area (TPSA) is 163 Å². The van der Waals surface area contributed by atoms with Crippen LogP contribution in [0.2, 0.25) is 0 Å². The molecule has 1 unspecified atom stereocenters. The summed E-state index contributed by atoms with van der Waals surface area (Å²) in [5.74, 6) is 0.709. The molecule has 62 heavy (non-hydrogen) atoms. The first kappa shape index (κ1) is 44.5. The Morgan fingerprint density at radius 1 is 0.694 bits per heavy atom. The van der Waals surface area contributed by atoms with Gasteiger partial charge >= 0.3 is 12.2 Å². The zero-order chi connectivity index (χ0) is 44.2. The molecule has 324 valence electrons. The number of benzene rings is 5. The summed E-state index contributed by atoms with van der Waals surface area (Å²) in [5.41, 5.74) is 6.64. The average molecular weight is 843 g/mol. The van der Waals surface area contributed by atoms with Gasteiger partial charge in [-0.05, 0) is 90.9 Å². The van der Waals surface area contributed by atoms with E-state index >= 15 is 0 Å². The molecule has 0 spiro atoms. The number of fused-ring (bicyclic) bond motifs is 3. The minimum Gasteiger partial charge on any atom is -0.497 e. The third kappa shape index (κ3) is 11.6. The Labute approximate surface area is 362 Å². The fraction of sp³-hybridized carbons (Fsp3) is 0.306. The molecule has 0 heterocycles. The first-order valence-electron chi connectivity index (χ1n) is 20.5. The summed E-state index contributed by atoms with van der Waals surface area (Å²) < 4.78 is 28.1. The Kier molecular flexibility index (Phi) is 14.7. The summed E-state index contributed by atoms with van der Waals surface area (Å²) in [6, 6.07) is 34.2. The van der Waals surface area contributed by atoms with Gasteiger partial charge in [-0.1, -0.05) is 84.9 Å². The Morgan fingerprint density at radius 3 is 1.94 bits per heavy atom. The standard InChI is InChI=1S/C49H54N4O9/c1-7-50-44(54)30-60-34-22-20-33(21-23-34)45(40-25-24-35(58-5)27-43(40)59-6)53-46(55)42(52-48(57)62-49(2,3)4)26-31-16-18-32(19-17-31)28-51-47(56)61-29-41-38-14-10-8-12-36(38)37-13-9-11-15-39(37)41/h8-25,27,41-42,45H,7,26,28-30H2,1-6H3,(H,50,54)(H,51,56)(H,52,57)(H,53,55)/t42-,45?/m0/s1. The summed E-state index contributed by atoms with van der Waals surface area (Å²) in [6.45, 7) is 7.83. The molecule has 0 saturated carbocycles. The van der Waals surface area contributed by atoms with Gasteiger partial charge in [-0.3, -0.25) is 9.59 Å². The van der Waals surface area contributed by atoms with E-state index in [-0.39, 0.29) is 38.0 Å². The van der Waals surface area contributed by atoms with Gasteiger partial charge in [0.05, 0.1) is 20.3 Å². The number of amides is 4. The number of likely N-dealkylation sites (N-methyl/N-ethyl adjacent to an activating group) is 1. The number of rotatable bonds is 17. The SMILES string of the molecule is CCNC(=O)COc1ccc(C(NC(=O)[C@H](Cc2ccc(CNC(=O)OCC3c4ccccc4-c4ccccc43)cc2)NC(=O)OC(C)(C)C)c2ccc(OC)cc2OC)cc1. The first-order chi connectivity index (χ1) is 29.8. The maximum absolute atomic E-state index is 14.4. The predicted octanol–water partition coefficient (Wildman–Crippen LogP) is 7.60. The molecule has 4 amide bonds. The molecule has 13 nitrogen and oxygen atoms in total. The van der Waals surface area contributed by atoms with Crippen LogP contribution in [0.25, 0.3) is 11.1 Å². The molecule has 0 radical (unpaired) electrons. The lowest BCUT2D eigenvalue weighted by atomic mass is 9.96. The highest BCUT2D eigenvalue weighted by Gasteiger charge is 2.31. The fourth-order valence-electron chi connectivity index (χ4n) is 7.31. The van der Waals surface area contributed by atoms with Crippen molar-refractivity contribution in [1.82, 2.24) is 21.3 Å². The maximum Gasteiger partial charge on any atom is 0.408 e. The van der Waals surface area contributed by atoms with Crippen molar-refractivity contribution in [3.8, 4) is 28.4 Å². The lowest BCUT2D eigenvalue weighted by Gasteiger charge is -2.27. The number of carbonyl (C=O) groups excluding carboxylic acids is 4. The highest BCUT2D eigenvalue weighted by Crippen LogP contribution is 2.44. The second-order valence-electron chi connectivity index (χ2n) is 15.8. The van der Waals surface area contributed by atoms with Crippen molar-refractivity contribution >= 4 is 24.0 Å². The van der Waals surface area contributed by atoms with E-state index in [1.165, 1.54) is 7.11 Å². The monoisotopic (exact) mass is 842 g/mol. The molecule has 6 rings (SSSR count). The van der Waals surface area contributed by atoms with Gasteiger partial charge in [0.2, 0.25) is 5.91 Å². The van der Waals surface area contributed by atoms with E-state index in [1.54, 1.807) is 70.3 Å². The van der Waals surface area contributed by atoms with Gasteiger partial charge in [0.25, 0.3) is 5.91 Å². The third-order valence-electron chi connectivity index (χ3n) is 10.2. The molecule has 0 bridgehead atoms. The van der Waals surface area contributed by atoms with Gasteiger partial charge < -0.3 is 45.0 Å². The van der Waals surface area contributed by atoms with E-state index < -0.39 is 35.8 Å². The number of methoxy groups -OCH3 is 2. The predicted molar refractivity (Wildman–Crippen MR) is 235 cm³/mol. The van der Waals surface area contributed by atoms with Gasteiger partial charge in [-0.2, -0.15) is 0 Å². The van der Waals surface area contributed by atoms with E-state index in [0.717, 1.165) is 33.4 Å². The second-order valence-corrected chi connectivity index (χ2v) is 15.8. The third-order valence-corrected chi connectivity index (χ3v) is 10.2. The molecule has 0 fully saturated rings. The normalized spacial score (nSPS) is 12.7. The molecule has 4 N–H and O–H groups in total. The molecule has 0 aromatic heterocycles. The van der Waals surface area contributed by atoms with E-state index in [2.05, 4.69) is 45.5 Å².